The van der Waals surface area contributed by atoms with Gasteiger partial charge in [0.2, 0.25) is 0 Å². The molecule has 0 aromatic heterocycles. The first-order chi connectivity index (χ1) is 16.7. The zero-order chi connectivity index (χ0) is 25.0. The molecule has 0 radical (unpaired) electrons. The van der Waals surface area contributed by atoms with Crippen molar-refractivity contribution in [2.45, 2.75) is 6.48 Å². The molecule has 34 heavy (non-hydrogen) atoms. The van der Waals surface area contributed by atoms with Crippen molar-refractivity contribution >= 4 is 6.16 Å². The van der Waals surface area contributed by atoms with E-state index in [9.17, 15) is 4.79 Å². The Labute approximate surface area is 202 Å². The molecule has 13 heteroatoms. The van der Waals surface area contributed by atoms with E-state index >= 15 is 0 Å². The second kappa shape index (κ2) is 28.1. The largest absolute Gasteiger partial charge is 0.512 e. The van der Waals surface area contributed by atoms with Crippen molar-refractivity contribution in [2.75, 3.05) is 127 Å². The maximum absolute atomic E-state index is 11.3. The van der Waals surface area contributed by atoms with E-state index in [1.807, 2.05) is 0 Å². The number of carbonyl (C=O) groups is 1. The van der Waals surface area contributed by atoms with Crippen LogP contribution < -0.4 is 0 Å². The van der Waals surface area contributed by atoms with Crippen LogP contribution in [0.1, 0.15) is 0 Å². The third kappa shape index (κ3) is 25.5. The fraction of sp³-hybridized carbons (Fsp3) is 0.952. The van der Waals surface area contributed by atoms with Crippen LogP contribution in [-0.2, 0) is 56.8 Å². The van der Waals surface area contributed by atoms with Gasteiger partial charge in [0, 0.05) is 14.2 Å². The molecular formula is C21H42O13. The second-order valence-corrected chi connectivity index (χ2v) is 6.26. The Balaban J connectivity index is 3.63. The van der Waals surface area contributed by atoms with E-state index in [1.165, 1.54) is 7.11 Å². The van der Waals surface area contributed by atoms with Crippen molar-refractivity contribution in [1.29, 1.82) is 0 Å². The van der Waals surface area contributed by atoms with E-state index in [0.717, 1.165) is 0 Å². The van der Waals surface area contributed by atoms with Crippen LogP contribution in [0.25, 0.3) is 0 Å². The average molecular weight is 503 g/mol. The van der Waals surface area contributed by atoms with Gasteiger partial charge in [-0.2, -0.15) is 0 Å². The molecule has 0 bridgehead atoms. The number of rotatable bonds is 27. The van der Waals surface area contributed by atoms with Gasteiger partial charge in [-0.25, -0.2) is 4.79 Å². The van der Waals surface area contributed by atoms with Crippen LogP contribution in [-0.4, -0.2) is 140 Å². The maximum Gasteiger partial charge on any atom is 0.512 e. The van der Waals surface area contributed by atoms with Crippen molar-refractivity contribution in [3.8, 4) is 0 Å². The molecule has 0 unspecified atom stereocenters. The molecule has 0 aliphatic heterocycles. The lowest BCUT2D eigenvalue weighted by molar-refractivity contribution is -0.273. The number of ether oxygens (including phenoxy) is 12. The smallest absolute Gasteiger partial charge is 0.438 e. The summed E-state index contributed by atoms with van der Waals surface area (Å²) in [7, 11) is 4.43. The van der Waals surface area contributed by atoms with E-state index < -0.39 is 12.6 Å². The highest BCUT2D eigenvalue weighted by molar-refractivity contribution is 5.59. The third-order valence-corrected chi connectivity index (χ3v) is 3.67. The van der Waals surface area contributed by atoms with E-state index in [1.54, 1.807) is 14.2 Å². The Kier molecular flexibility index (Phi) is 27.2. The molecule has 0 rings (SSSR count). The number of methoxy groups -OCH3 is 3. The van der Waals surface area contributed by atoms with Crippen LogP contribution in [0.4, 0.5) is 4.79 Å². The zero-order valence-corrected chi connectivity index (χ0v) is 20.7. The molecule has 0 saturated heterocycles. The summed E-state index contributed by atoms with van der Waals surface area (Å²) in [4.78, 5) is 11.3. The third-order valence-electron chi connectivity index (χ3n) is 3.67. The molecule has 0 aliphatic rings. The SMILES string of the molecule is COCCOCCOCCOCCOC(OCCOCCOCCOCCOC)OC(=O)OC. The van der Waals surface area contributed by atoms with Crippen molar-refractivity contribution in [3.63, 3.8) is 0 Å². The van der Waals surface area contributed by atoms with Gasteiger partial charge in [0.15, 0.2) is 0 Å². The first kappa shape index (κ1) is 32.9. The summed E-state index contributed by atoms with van der Waals surface area (Å²) >= 11 is 0. The second-order valence-electron chi connectivity index (χ2n) is 6.26. The van der Waals surface area contributed by atoms with Gasteiger partial charge in [0.1, 0.15) is 0 Å². The van der Waals surface area contributed by atoms with Crippen LogP contribution >= 0.6 is 0 Å². The van der Waals surface area contributed by atoms with E-state index in [0.29, 0.717) is 79.3 Å². The molecule has 0 amide bonds. The average Bonchev–Trinajstić information content (AvgIpc) is 2.84. The molecule has 0 aromatic rings. The molecule has 0 saturated carbocycles. The minimum atomic E-state index is -1.24. The van der Waals surface area contributed by atoms with Gasteiger partial charge >= 0.3 is 12.6 Å². The number of carbonyl (C=O) groups excluding carboxylic acids is 1. The zero-order valence-electron chi connectivity index (χ0n) is 20.7. The van der Waals surface area contributed by atoms with Gasteiger partial charge in [-0.1, -0.05) is 0 Å². The van der Waals surface area contributed by atoms with Gasteiger partial charge in [-0.05, 0) is 0 Å². The molecule has 0 heterocycles. The summed E-state index contributed by atoms with van der Waals surface area (Å²) < 4.78 is 61.8. The Hall–Kier alpha value is -1.13. The summed E-state index contributed by atoms with van der Waals surface area (Å²) in [5.41, 5.74) is 0. The Morgan fingerprint density at radius 3 is 1.06 bits per heavy atom. The Bertz CT molecular complexity index is 386. The van der Waals surface area contributed by atoms with Gasteiger partial charge < -0.3 is 56.8 Å². The quantitative estimate of drug-likeness (QED) is 0.0878. The fourth-order valence-corrected chi connectivity index (χ4v) is 2.02. The Morgan fingerprint density at radius 1 is 0.471 bits per heavy atom. The first-order valence-electron chi connectivity index (χ1n) is 11.2. The Morgan fingerprint density at radius 2 is 0.765 bits per heavy atom. The lowest BCUT2D eigenvalue weighted by Crippen LogP contribution is -2.28. The van der Waals surface area contributed by atoms with E-state index in [4.69, 9.17) is 52.1 Å². The minimum absolute atomic E-state index is 0.142. The topological polar surface area (TPSA) is 128 Å². The lowest BCUT2D eigenvalue weighted by Gasteiger charge is -2.18. The van der Waals surface area contributed by atoms with Crippen molar-refractivity contribution in [1.82, 2.24) is 0 Å². The molecule has 0 spiro atoms. The fourth-order valence-electron chi connectivity index (χ4n) is 2.02. The van der Waals surface area contributed by atoms with Crippen LogP contribution in [0.3, 0.4) is 0 Å². The highest BCUT2D eigenvalue weighted by Crippen LogP contribution is 2.00. The van der Waals surface area contributed by atoms with Gasteiger partial charge in [0.25, 0.3) is 0 Å². The minimum Gasteiger partial charge on any atom is -0.438 e. The van der Waals surface area contributed by atoms with Gasteiger partial charge in [-0.3, -0.25) is 0 Å². The highest BCUT2D eigenvalue weighted by atomic mass is 16.9. The van der Waals surface area contributed by atoms with Crippen LogP contribution in [0, 0.1) is 0 Å². The van der Waals surface area contributed by atoms with Gasteiger partial charge in [0.05, 0.1) is 113 Å². The molecule has 204 valence electrons. The summed E-state index contributed by atoms with van der Waals surface area (Å²) in [5.74, 6) is 0. The summed E-state index contributed by atoms with van der Waals surface area (Å²) in [6.07, 6.45) is -0.922. The molecule has 0 atom stereocenters. The monoisotopic (exact) mass is 502 g/mol. The molecule has 0 aromatic carbocycles. The number of hydrogen-bond donors (Lipinski definition) is 0. The summed E-state index contributed by atoms with van der Waals surface area (Å²) in [6, 6.07) is 0. The summed E-state index contributed by atoms with van der Waals surface area (Å²) in [6.45, 7) is 5.34. The summed E-state index contributed by atoms with van der Waals surface area (Å²) in [5, 5.41) is 0. The molecular weight excluding hydrogens is 460 g/mol. The van der Waals surface area contributed by atoms with Crippen molar-refractivity contribution in [3.05, 3.63) is 0 Å². The van der Waals surface area contributed by atoms with Crippen LogP contribution in [0.5, 0.6) is 0 Å². The van der Waals surface area contributed by atoms with Crippen LogP contribution in [0.15, 0.2) is 0 Å². The molecule has 0 N–H and O–H groups in total. The molecule has 0 fully saturated rings. The van der Waals surface area contributed by atoms with E-state index in [2.05, 4.69) is 4.74 Å². The van der Waals surface area contributed by atoms with Crippen LogP contribution in [0.2, 0.25) is 0 Å². The first-order valence-corrected chi connectivity index (χ1v) is 11.2. The number of hydrogen-bond acceptors (Lipinski definition) is 13. The maximum atomic E-state index is 11.3. The molecule has 13 nitrogen and oxygen atoms in total. The molecule has 0 aliphatic carbocycles. The predicted octanol–water partition coefficient (Wildman–Crippen LogP) is 0.479. The van der Waals surface area contributed by atoms with Crippen molar-refractivity contribution in [2.24, 2.45) is 0 Å². The highest BCUT2D eigenvalue weighted by Gasteiger charge is 2.15. The van der Waals surface area contributed by atoms with Crippen molar-refractivity contribution < 1.29 is 61.6 Å². The normalized spacial score (nSPS) is 11.3. The predicted molar refractivity (Wildman–Crippen MR) is 118 cm³/mol. The van der Waals surface area contributed by atoms with Gasteiger partial charge in [-0.15, -0.1) is 0 Å². The standard InChI is InChI=1S/C21H42O13/c1-23-4-6-26-8-10-28-12-14-30-16-18-32-21(34-20(22)25-3)33-19-17-31-15-13-29-11-9-27-7-5-24-2/h21H,4-19H2,1-3H3. The van der Waals surface area contributed by atoms with E-state index in [-0.39, 0.29) is 26.4 Å². The lowest BCUT2D eigenvalue weighted by atomic mass is 10.7.